The first-order valence-electron chi connectivity index (χ1n) is 5.81. The third-order valence-electron chi connectivity index (χ3n) is 3.39. The lowest BCUT2D eigenvalue weighted by Crippen LogP contribution is -2.43. The van der Waals surface area contributed by atoms with E-state index in [1.54, 1.807) is 0 Å². The highest BCUT2D eigenvalue weighted by molar-refractivity contribution is 5.39. The van der Waals surface area contributed by atoms with Crippen LogP contribution in [0.4, 0.5) is 5.69 Å². The zero-order valence-electron chi connectivity index (χ0n) is 9.21. The molecule has 0 aliphatic heterocycles. The minimum atomic E-state index is 0.0361. The van der Waals surface area contributed by atoms with Gasteiger partial charge in [-0.25, -0.2) is 0 Å². The van der Waals surface area contributed by atoms with Gasteiger partial charge in [0.05, 0.1) is 0 Å². The molecular formula is C13H20N2. The first-order chi connectivity index (χ1) is 7.18. The molecule has 0 atom stereocenters. The largest absolute Gasteiger partial charge is 0.399 e. The zero-order chi connectivity index (χ0) is 10.7. The molecule has 0 spiro atoms. The second kappa shape index (κ2) is 4.23. The molecule has 1 saturated carbocycles. The number of nitrogens with two attached hydrogens (primary N) is 2. The molecule has 0 heterocycles. The van der Waals surface area contributed by atoms with Gasteiger partial charge in [0, 0.05) is 11.2 Å². The Hall–Kier alpha value is -1.02. The summed E-state index contributed by atoms with van der Waals surface area (Å²) in [5, 5.41) is 0. The van der Waals surface area contributed by atoms with Crippen LogP contribution < -0.4 is 11.5 Å². The van der Waals surface area contributed by atoms with E-state index in [0.717, 1.165) is 24.9 Å². The van der Waals surface area contributed by atoms with Gasteiger partial charge in [0.2, 0.25) is 0 Å². The maximum Gasteiger partial charge on any atom is 0.0314 e. The SMILES string of the molecule is Nc1ccc(CC2(N)CCCCC2)cc1. The second-order valence-electron chi connectivity index (χ2n) is 4.84. The summed E-state index contributed by atoms with van der Waals surface area (Å²) in [5.41, 5.74) is 14.2. The first kappa shape index (κ1) is 10.5. The van der Waals surface area contributed by atoms with E-state index in [1.807, 2.05) is 12.1 Å². The van der Waals surface area contributed by atoms with Crippen molar-refractivity contribution in [3.05, 3.63) is 29.8 Å². The fourth-order valence-corrected chi connectivity index (χ4v) is 2.47. The topological polar surface area (TPSA) is 52.0 Å². The molecule has 15 heavy (non-hydrogen) atoms. The smallest absolute Gasteiger partial charge is 0.0314 e. The number of hydrogen-bond acceptors (Lipinski definition) is 2. The van der Waals surface area contributed by atoms with Crippen molar-refractivity contribution < 1.29 is 0 Å². The molecule has 2 heteroatoms. The van der Waals surface area contributed by atoms with Crippen molar-refractivity contribution >= 4 is 5.69 Å². The third-order valence-corrected chi connectivity index (χ3v) is 3.39. The highest BCUT2D eigenvalue weighted by atomic mass is 14.7. The van der Waals surface area contributed by atoms with E-state index >= 15 is 0 Å². The molecule has 0 unspecified atom stereocenters. The summed E-state index contributed by atoms with van der Waals surface area (Å²) >= 11 is 0. The molecule has 1 aromatic carbocycles. The van der Waals surface area contributed by atoms with Crippen LogP contribution in [0, 0.1) is 0 Å². The molecule has 0 amide bonds. The Morgan fingerprint density at radius 1 is 1.00 bits per heavy atom. The van der Waals surface area contributed by atoms with Gasteiger partial charge in [0.1, 0.15) is 0 Å². The molecule has 1 aromatic rings. The van der Waals surface area contributed by atoms with Crippen molar-refractivity contribution in [2.75, 3.05) is 5.73 Å². The second-order valence-corrected chi connectivity index (χ2v) is 4.84. The van der Waals surface area contributed by atoms with E-state index in [1.165, 1.54) is 24.8 Å². The third kappa shape index (κ3) is 2.72. The van der Waals surface area contributed by atoms with Gasteiger partial charge in [-0.1, -0.05) is 31.4 Å². The van der Waals surface area contributed by atoms with E-state index in [9.17, 15) is 0 Å². The molecule has 0 saturated heterocycles. The fourth-order valence-electron chi connectivity index (χ4n) is 2.47. The summed E-state index contributed by atoms with van der Waals surface area (Å²) in [4.78, 5) is 0. The number of anilines is 1. The highest BCUT2D eigenvalue weighted by Gasteiger charge is 2.27. The molecule has 82 valence electrons. The number of benzene rings is 1. The van der Waals surface area contributed by atoms with Crippen molar-refractivity contribution in [2.24, 2.45) is 5.73 Å². The van der Waals surface area contributed by atoms with Crippen LogP contribution in [-0.2, 0) is 6.42 Å². The Morgan fingerprint density at radius 3 is 2.20 bits per heavy atom. The normalized spacial score (nSPS) is 20.1. The Labute approximate surface area is 91.7 Å². The lowest BCUT2D eigenvalue weighted by Gasteiger charge is -2.33. The average molecular weight is 204 g/mol. The first-order valence-corrected chi connectivity index (χ1v) is 5.81. The molecule has 1 aliphatic rings. The van der Waals surface area contributed by atoms with E-state index in [4.69, 9.17) is 11.5 Å². The van der Waals surface area contributed by atoms with Gasteiger partial charge in [-0.15, -0.1) is 0 Å². The Bertz CT molecular complexity index is 310. The summed E-state index contributed by atoms with van der Waals surface area (Å²) in [5.74, 6) is 0. The molecule has 1 aliphatic carbocycles. The van der Waals surface area contributed by atoms with Gasteiger partial charge in [-0.05, 0) is 37.0 Å². The van der Waals surface area contributed by atoms with Crippen molar-refractivity contribution in [1.82, 2.24) is 0 Å². The summed E-state index contributed by atoms with van der Waals surface area (Å²) in [6.45, 7) is 0. The van der Waals surface area contributed by atoms with Crippen LogP contribution in [0.3, 0.4) is 0 Å². The molecule has 2 rings (SSSR count). The van der Waals surface area contributed by atoms with Gasteiger partial charge in [-0.2, -0.15) is 0 Å². The maximum absolute atomic E-state index is 6.40. The summed E-state index contributed by atoms with van der Waals surface area (Å²) in [6, 6.07) is 8.11. The van der Waals surface area contributed by atoms with Gasteiger partial charge >= 0.3 is 0 Å². The van der Waals surface area contributed by atoms with Gasteiger partial charge in [-0.3, -0.25) is 0 Å². The maximum atomic E-state index is 6.40. The number of nitrogen functional groups attached to an aromatic ring is 1. The molecule has 0 radical (unpaired) electrons. The average Bonchev–Trinajstić information content (AvgIpc) is 2.22. The van der Waals surface area contributed by atoms with Crippen LogP contribution in [0.1, 0.15) is 37.7 Å². The van der Waals surface area contributed by atoms with Crippen molar-refractivity contribution in [1.29, 1.82) is 0 Å². The number of hydrogen-bond donors (Lipinski definition) is 2. The van der Waals surface area contributed by atoms with Crippen LogP contribution in [-0.4, -0.2) is 5.54 Å². The van der Waals surface area contributed by atoms with Crippen LogP contribution in [0.5, 0.6) is 0 Å². The standard InChI is InChI=1S/C13H20N2/c14-12-6-4-11(5-7-12)10-13(15)8-2-1-3-9-13/h4-7H,1-3,8-10,14-15H2. The van der Waals surface area contributed by atoms with Crippen LogP contribution in [0.2, 0.25) is 0 Å². The molecule has 0 bridgehead atoms. The van der Waals surface area contributed by atoms with Crippen molar-refractivity contribution in [3.63, 3.8) is 0 Å². The van der Waals surface area contributed by atoms with Gasteiger partial charge in [0.15, 0.2) is 0 Å². The van der Waals surface area contributed by atoms with Crippen LogP contribution in [0.25, 0.3) is 0 Å². The molecule has 0 aromatic heterocycles. The Balaban J connectivity index is 2.03. The van der Waals surface area contributed by atoms with E-state index in [-0.39, 0.29) is 5.54 Å². The minimum Gasteiger partial charge on any atom is -0.399 e. The van der Waals surface area contributed by atoms with E-state index < -0.39 is 0 Å². The predicted molar refractivity (Wildman–Crippen MR) is 64.6 cm³/mol. The fraction of sp³-hybridized carbons (Fsp3) is 0.538. The lowest BCUT2D eigenvalue weighted by molar-refractivity contribution is 0.294. The summed E-state index contributed by atoms with van der Waals surface area (Å²) in [6.07, 6.45) is 7.24. The summed E-state index contributed by atoms with van der Waals surface area (Å²) in [7, 11) is 0. The molecule has 1 fully saturated rings. The number of rotatable bonds is 2. The van der Waals surface area contributed by atoms with Crippen molar-refractivity contribution in [3.8, 4) is 0 Å². The summed E-state index contributed by atoms with van der Waals surface area (Å²) < 4.78 is 0. The van der Waals surface area contributed by atoms with E-state index in [2.05, 4.69) is 12.1 Å². The molecule has 4 N–H and O–H groups in total. The van der Waals surface area contributed by atoms with E-state index in [0.29, 0.717) is 0 Å². The van der Waals surface area contributed by atoms with Crippen LogP contribution in [0.15, 0.2) is 24.3 Å². The monoisotopic (exact) mass is 204 g/mol. The molecular weight excluding hydrogens is 184 g/mol. The lowest BCUT2D eigenvalue weighted by atomic mass is 9.78. The highest BCUT2D eigenvalue weighted by Crippen LogP contribution is 2.29. The predicted octanol–water partition coefficient (Wildman–Crippen LogP) is 2.47. The van der Waals surface area contributed by atoms with Gasteiger partial charge < -0.3 is 11.5 Å². The van der Waals surface area contributed by atoms with Crippen LogP contribution >= 0.6 is 0 Å². The minimum absolute atomic E-state index is 0.0361. The Kier molecular flexibility index (Phi) is 2.96. The molecule has 2 nitrogen and oxygen atoms in total. The quantitative estimate of drug-likeness (QED) is 0.727. The van der Waals surface area contributed by atoms with Gasteiger partial charge in [0.25, 0.3) is 0 Å². The zero-order valence-corrected chi connectivity index (χ0v) is 9.21. The van der Waals surface area contributed by atoms with Crippen molar-refractivity contribution in [2.45, 2.75) is 44.1 Å². The Morgan fingerprint density at radius 2 is 1.60 bits per heavy atom.